The molecule has 1 heterocycles. The summed E-state index contributed by atoms with van der Waals surface area (Å²) in [4.78, 5) is 11.5. The molecule has 2 rings (SSSR count). The minimum atomic E-state index is 0.0951. The quantitative estimate of drug-likeness (QED) is 0.852. The monoisotopic (exact) mass is 235 g/mol. The first-order valence-corrected chi connectivity index (χ1v) is 6.44. The number of hydrogen-bond donors (Lipinski definition) is 1. The van der Waals surface area contributed by atoms with Crippen LogP contribution >= 0.6 is 0 Å². The minimum Gasteiger partial charge on any atom is -0.466 e. The van der Waals surface area contributed by atoms with Crippen LogP contribution in [0.5, 0.6) is 0 Å². The van der Waals surface area contributed by atoms with E-state index in [-0.39, 0.29) is 11.9 Å². The van der Waals surface area contributed by atoms with E-state index in [2.05, 4.69) is 18.3 Å². The van der Waals surface area contributed by atoms with Crippen molar-refractivity contribution in [2.45, 2.75) is 52.0 Å². The van der Waals surface area contributed by atoms with Crippen molar-refractivity contribution in [1.29, 1.82) is 0 Å². The third kappa shape index (κ3) is 3.35. The van der Waals surface area contributed by atoms with Crippen LogP contribution in [0.15, 0.2) is 16.5 Å². The molecule has 3 heteroatoms. The molecule has 0 aromatic carbocycles. The Bertz CT molecular complexity index is 395. The summed E-state index contributed by atoms with van der Waals surface area (Å²) in [6.45, 7) is 6.18. The van der Waals surface area contributed by atoms with Crippen LogP contribution < -0.4 is 5.32 Å². The Balaban J connectivity index is 1.79. The molecule has 0 bridgehead atoms. The van der Waals surface area contributed by atoms with Crippen LogP contribution in [-0.4, -0.2) is 11.9 Å². The minimum absolute atomic E-state index is 0.0951. The first kappa shape index (κ1) is 12.2. The van der Waals surface area contributed by atoms with E-state index < -0.39 is 0 Å². The fraction of sp³-hybridized carbons (Fsp3) is 0.643. The van der Waals surface area contributed by atoms with Crippen LogP contribution in [0, 0.1) is 5.92 Å². The molecule has 17 heavy (non-hydrogen) atoms. The van der Waals surface area contributed by atoms with Crippen LogP contribution in [0.4, 0.5) is 0 Å². The number of furan rings is 1. The Morgan fingerprint density at radius 3 is 2.82 bits per heavy atom. The molecule has 1 N–H and O–H groups in total. The average Bonchev–Trinajstić information content (AvgIpc) is 2.78. The van der Waals surface area contributed by atoms with Gasteiger partial charge in [0.1, 0.15) is 11.5 Å². The van der Waals surface area contributed by atoms with Crippen LogP contribution in [0.2, 0.25) is 0 Å². The molecule has 1 aliphatic carbocycles. The summed E-state index contributed by atoms with van der Waals surface area (Å²) in [5.74, 6) is 3.50. The number of hydrogen-bond acceptors (Lipinski definition) is 2. The zero-order valence-corrected chi connectivity index (χ0v) is 10.8. The lowest BCUT2D eigenvalue weighted by Crippen LogP contribution is -2.30. The van der Waals surface area contributed by atoms with E-state index in [0.29, 0.717) is 18.8 Å². The van der Waals surface area contributed by atoms with E-state index >= 15 is 0 Å². The number of carbonyl (C=O) groups is 1. The second-order valence-electron chi connectivity index (χ2n) is 5.35. The Hall–Kier alpha value is -1.25. The van der Waals surface area contributed by atoms with Gasteiger partial charge in [0.15, 0.2) is 0 Å². The zero-order valence-electron chi connectivity index (χ0n) is 10.8. The van der Waals surface area contributed by atoms with Crippen molar-refractivity contribution >= 4 is 5.91 Å². The highest BCUT2D eigenvalue weighted by atomic mass is 16.3. The molecule has 1 amide bonds. The largest absolute Gasteiger partial charge is 0.466 e. The van der Waals surface area contributed by atoms with E-state index in [0.717, 1.165) is 17.4 Å². The van der Waals surface area contributed by atoms with Crippen molar-refractivity contribution in [2.75, 3.05) is 0 Å². The van der Waals surface area contributed by atoms with E-state index in [4.69, 9.17) is 4.42 Å². The van der Waals surface area contributed by atoms with Gasteiger partial charge in [0.25, 0.3) is 0 Å². The van der Waals surface area contributed by atoms with Crippen LogP contribution in [0.25, 0.3) is 0 Å². The second-order valence-corrected chi connectivity index (χ2v) is 5.35. The highest BCUT2D eigenvalue weighted by Gasteiger charge is 2.36. The molecule has 1 aromatic heterocycles. The molecular formula is C14H21NO2. The molecule has 0 spiro atoms. The summed E-state index contributed by atoms with van der Waals surface area (Å²) in [5, 5.41) is 2.88. The molecule has 94 valence electrons. The lowest BCUT2D eigenvalue weighted by Gasteiger charge is -2.06. The molecule has 0 aliphatic heterocycles. The second kappa shape index (κ2) is 4.94. The van der Waals surface area contributed by atoms with E-state index in [1.165, 1.54) is 6.42 Å². The number of carbonyl (C=O) groups excluding carboxylic acids is 1. The first-order chi connectivity index (χ1) is 8.06. The lowest BCUT2D eigenvalue weighted by atomic mass is 10.2. The molecule has 0 radical (unpaired) electrons. The summed E-state index contributed by atoms with van der Waals surface area (Å²) in [7, 11) is 0. The van der Waals surface area contributed by atoms with Gasteiger partial charge in [-0.2, -0.15) is 0 Å². The van der Waals surface area contributed by atoms with E-state index in [1.807, 2.05) is 19.9 Å². The first-order valence-electron chi connectivity index (χ1n) is 6.44. The lowest BCUT2D eigenvalue weighted by molar-refractivity contribution is -0.121. The van der Waals surface area contributed by atoms with E-state index in [1.54, 1.807) is 0 Å². The molecule has 1 fully saturated rings. The summed E-state index contributed by atoms with van der Waals surface area (Å²) in [5.41, 5.74) is 0. The Morgan fingerprint density at radius 1 is 1.53 bits per heavy atom. The Labute approximate surface area is 103 Å². The number of nitrogens with one attached hydrogen (secondary N) is 1. The van der Waals surface area contributed by atoms with Gasteiger partial charge < -0.3 is 9.73 Å². The molecule has 0 saturated heterocycles. The van der Waals surface area contributed by atoms with Gasteiger partial charge in [-0.3, -0.25) is 4.79 Å². The van der Waals surface area contributed by atoms with Crippen molar-refractivity contribution in [1.82, 2.24) is 5.32 Å². The van der Waals surface area contributed by atoms with Gasteiger partial charge in [0.2, 0.25) is 5.91 Å². The average molecular weight is 235 g/mol. The van der Waals surface area contributed by atoms with Crippen molar-refractivity contribution in [2.24, 2.45) is 5.92 Å². The zero-order chi connectivity index (χ0) is 12.4. The maximum absolute atomic E-state index is 11.5. The van der Waals surface area contributed by atoms with Gasteiger partial charge in [-0.15, -0.1) is 0 Å². The molecule has 2 unspecified atom stereocenters. The Morgan fingerprint density at radius 2 is 2.24 bits per heavy atom. The SMILES string of the molecule is CC(C)NC(=O)CCc1ccc(C2CC2C)o1. The van der Waals surface area contributed by atoms with Gasteiger partial charge in [-0.25, -0.2) is 0 Å². The van der Waals surface area contributed by atoms with Gasteiger partial charge in [0.05, 0.1) is 0 Å². The molecule has 2 atom stereocenters. The number of aryl methyl sites for hydroxylation is 1. The van der Waals surface area contributed by atoms with Crippen molar-refractivity contribution < 1.29 is 9.21 Å². The highest BCUT2D eigenvalue weighted by Crippen LogP contribution is 2.47. The third-order valence-corrected chi connectivity index (χ3v) is 3.21. The predicted octanol–water partition coefficient (Wildman–Crippen LogP) is 2.86. The normalized spacial score (nSPS) is 22.8. The van der Waals surface area contributed by atoms with Crippen molar-refractivity contribution in [3.63, 3.8) is 0 Å². The smallest absolute Gasteiger partial charge is 0.220 e. The highest BCUT2D eigenvalue weighted by molar-refractivity contribution is 5.76. The van der Waals surface area contributed by atoms with Gasteiger partial charge in [-0.1, -0.05) is 6.92 Å². The standard InChI is InChI=1S/C14H21NO2/c1-9(2)15-14(16)7-5-11-4-6-13(17-11)12-8-10(12)3/h4,6,9-10,12H,5,7-8H2,1-3H3,(H,15,16). The number of rotatable bonds is 5. The maximum atomic E-state index is 11.5. The molecule has 1 saturated carbocycles. The van der Waals surface area contributed by atoms with Crippen LogP contribution in [-0.2, 0) is 11.2 Å². The van der Waals surface area contributed by atoms with Gasteiger partial charge in [0, 0.05) is 24.8 Å². The van der Waals surface area contributed by atoms with Crippen molar-refractivity contribution in [3.05, 3.63) is 23.7 Å². The topological polar surface area (TPSA) is 42.2 Å². The van der Waals surface area contributed by atoms with Gasteiger partial charge in [-0.05, 0) is 38.3 Å². The predicted molar refractivity (Wildman–Crippen MR) is 66.8 cm³/mol. The molecule has 3 nitrogen and oxygen atoms in total. The fourth-order valence-electron chi connectivity index (χ4n) is 2.08. The maximum Gasteiger partial charge on any atom is 0.220 e. The van der Waals surface area contributed by atoms with Crippen molar-refractivity contribution in [3.8, 4) is 0 Å². The third-order valence-electron chi connectivity index (χ3n) is 3.21. The van der Waals surface area contributed by atoms with Crippen LogP contribution in [0.3, 0.4) is 0 Å². The Kier molecular flexibility index (Phi) is 3.55. The van der Waals surface area contributed by atoms with Gasteiger partial charge >= 0.3 is 0 Å². The summed E-state index contributed by atoms with van der Waals surface area (Å²) >= 11 is 0. The summed E-state index contributed by atoms with van der Waals surface area (Å²) in [6.07, 6.45) is 2.44. The van der Waals surface area contributed by atoms with Crippen LogP contribution in [0.1, 0.15) is 51.1 Å². The molecule has 1 aromatic rings. The van der Waals surface area contributed by atoms with E-state index in [9.17, 15) is 4.79 Å². The number of amides is 1. The molecule has 1 aliphatic rings. The summed E-state index contributed by atoms with van der Waals surface area (Å²) < 4.78 is 5.75. The summed E-state index contributed by atoms with van der Waals surface area (Å²) in [6, 6.07) is 4.27. The fourth-order valence-corrected chi connectivity index (χ4v) is 2.08. The molecular weight excluding hydrogens is 214 g/mol.